The Bertz CT molecular complexity index is 1790. The Kier molecular flexibility index (Phi) is 9.10. The number of aliphatic hydroxyl groups is 1. The molecule has 3 unspecified atom stereocenters. The van der Waals surface area contributed by atoms with Crippen LogP contribution in [0.1, 0.15) is 47.5 Å². The fraction of sp³-hybridized carbons (Fsp3) is 0.161. The number of hydrogen-bond acceptors (Lipinski definition) is 9. The van der Waals surface area contributed by atoms with Crippen LogP contribution in [-0.4, -0.2) is 34.4 Å². The SMILES string of the molecule is CC(=O)Nc1nc(C)c(S(=O)(=O)Nc2ccccc2C(Nc2ccccn2)C(c2ccccn2)C(O)c2ccccc2)s1. The van der Waals surface area contributed by atoms with Crippen LogP contribution in [0.25, 0.3) is 0 Å². The lowest BCUT2D eigenvalue weighted by Crippen LogP contribution is -2.27. The maximum atomic E-state index is 13.7. The third-order valence-electron chi connectivity index (χ3n) is 6.66. The Morgan fingerprint density at radius 1 is 0.884 bits per heavy atom. The van der Waals surface area contributed by atoms with Gasteiger partial charge in [-0.25, -0.2) is 18.4 Å². The topological polar surface area (TPSA) is 146 Å². The Hall–Kier alpha value is -4.65. The van der Waals surface area contributed by atoms with Crippen LogP contribution < -0.4 is 15.4 Å². The Labute approximate surface area is 254 Å². The molecule has 0 aliphatic carbocycles. The molecule has 0 radical (unpaired) electrons. The van der Waals surface area contributed by atoms with Crippen LogP contribution in [0.15, 0.2) is 108 Å². The number of nitrogens with zero attached hydrogens (tertiary/aromatic N) is 3. The first-order valence-electron chi connectivity index (χ1n) is 13.4. The van der Waals surface area contributed by atoms with Gasteiger partial charge in [-0.1, -0.05) is 72.0 Å². The molecule has 1 amide bonds. The number of carbonyl (C=O) groups is 1. The number of aryl methyl sites for hydroxylation is 1. The predicted octanol–water partition coefficient (Wildman–Crippen LogP) is 5.67. The number of carbonyl (C=O) groups excluding carboxylic acids is 1. The van der Waals surface area contributed by atoms with Crippen LogP contribution >= 0.6 is 11.3 Å². The zero-order valence-electron chi connectivity index (χ0n) is 23.4. The van der Waals surface area contributed by atoms with E-state index in [9.17, 15) is 18.3 Å². The molecule has 0 spiro atoms. The third-order valence-corrected chi connectivity index (χ3v) is 9.71. The van der Waals surface area contributed by atoms with E-state index < -0.39 is 28.1 Å². The molecular weight excluding hydrogens is 585 g/mol. The predicted molar refractivity (Wildman–Crippen MR) is 167 cm³/mol. The number of para-hydroxylation sites is 1. The Morgan fingerprint density at radius 3 is 2.23 bits per heavy atom. The van der Waals surface area contributed by atoms with Crippen LogP contribution in [0.4, 0.5) is 16.6 Å². The number of sulfonamides is 1. The highest BCUT2D eigenvalue weighted by Gasteiger charge is 2.35. The molecule has 4 N–H and O–H groups in total. The highest BCUT2D eigenvalue weighted by atomic mass is 32.2. The first-order valence-corrected chi connectivity index (χ1v) is 15.7. The molecule has 0 bridgehead atoms. The van der Waals surface area contributed by atoms with E-state index in [0.29, 0.717) is 28.3 Å². The third kappa shape index (κ3) is 7.05. The lowest BCUT2D eigenvalue weighted by atomic mass is 9.82. The second kappa shape index (κ2) is 13.1. The molecule has 0 fully saturated rings. The standard InChI is InChI=1S/C31H30N6O4S2/c1-20-30(42-31(34-20)35-21(2)38)43(40,41)37-24-15-7-6-14-23(24)28(36-26-17-9-11-19-33-26)27(25-16-8-10-18-32-25)29(39)22-12-4-3-5-13-22/h3-19,27-29,37,39H,1-2H3,(H,33,36)(H,34,35,38). The number of aromatic nitrogens is 3. The minimum absolute atomic E-state index is 0.0223. The van der Waals surface area contributed by atoms with Crippen molar-refractivity contribution < 1.29 is 18.3 Å². The zero-order valence-corrected chi connectivity index (χ0v) is 25.0. The van der Waals surface area contributed by atoms with E-state index in [1.807, 2.05) is 48.5 Å². The van der Waals surface area contributed by atoms with Crippen molar-refractivity contribution in [3.63, 3.8) is 0 Å². The van der Waals surface area contributed by atoms with Gasteiger partial charge in [0.15, 0.2) is 9.34 Å². The summed E-state index contributed by atoms with van der Waals surface area (Å²) in [5, 5.41) is 18.1. The van der Waals surface area contributed by atoms with Gasteiger partial charge in [-0.3, -0.25) is 14.5 Å². The van der Waals surface area contributed by atoms with Crippen molar-refractivity contribution in [1.82, 2.24) is 15.0 Å². The fourth-order valence-corrected chi connectivity index (χ4v) is 7.35. The molecule has 220 valence electrons. The summed E-state index contributed by atoms with van der Waals surface area (Å²) in [6, 6.07) is 26.5. The molecule has 0 aliphatic rings. The first kappa shape index (κ1) is 29.8. The smallest absolute Gasteiger partial charge is 0.273 e. The fourth-order valence-electron chi connectivity index (χ4n) is 4.80. The monoisotopic (exact) mass is 614 g/mol. The molecule has 3 heterocycles. The summed E-state index contributed by atoms with van der Waals surface area (Å²) in [4.78, 5) is 24.8. The molecule has 12 heteroatoms. The number of hydrogen-bond donors (Lipinski definition) is 4. The molecule has 3 atom stereocenters. The van der Waals surface area contributed by atoms with Crippen molar-refractivity contribution in [2.24, 2.45) is 0 Å². The van der Waals surface area contributed by atoms with Gasteiger partial charge in [-0.2, -0.15) is 0 Å². The van der Waals surface area contributed by atoms with Gasteiger partial charge in [0, 0.05) is 25.0 Å². The molecule has 5 aromatic rings. The van der Waals surface area contributed by atoms with Crippen molar-refractivity contribution in [3.8, 4) is 0 Å². The maximum Gasteiger partial charge on any atom is 0.273 e. The van der Waals surface area contributed by atoms with Crippen molar-refractivity contribution in [2.45, 2.75) is 36.1 Å². The molecule has 0 saturated carbocycles. The molecular formula is C31H30N6O4S2. The number of nitrogens with one attached hydrogen (secondary N) is 3. The van der Waals surface area contributed by atoms with Crippen LogP contribution in [0, 0.1) is 6.92 Å². The average molecular weight is 615 g/mol. The van der Waals surface area contributed by atoms with Crippen molar-refractivity contribution in [3.05, 3.63) is 126 Å². The number of amides is 1. The molecule has 0 aliphatic heterocycles. The summed E-state index contributed by atoms with van der Waals surface area (Å²) in [6.07, 6.45) is 2.29. The summed E-state index contributed by atoms with van der Waals surface area (Å²) in [6.45, 7) is 2.90. The first-order chi connectivity index (χ1) is 20.7. The zero-order chi connectivity index (χ0) is 30.4. The minimum atomic E-state index is -4.12. The van der Waals surface area contributed by atoms with Crippen molar-refractivity contribution >= 4 is 43.9 Å². The van der Waals surface area contributed by atoms with E-state index in [-0.39, 0.29) is 20.9 Å². The van der Waals surface area contributed by atoms with Gasteiger partial charge >= 0.3 is 0 Å². The number of aliphatic hydroxyl groups excluding tert-OH is 1. The Morgan fingerprint density at radius 2 is 1.56 bits per heavy atom. The van der Waals surface area contributed by atoms with E-state index in [1.54, 1.807) is 61.8 Å². The Balaban J connectivity index is 1.62. The largest absolute Gasteiger partial charge is 0.388 e. The number of pyridine rings is 2. The number of benzene rings is 2. The van der Waals surface area contributed by atoms with Gasteiger partial charge in [0.2, 0.25) is 5.91 Å². The lowest BCUT2D eigenvalue weighted by molar-refractivity contribution is -0.114. The quantitative estimate of drug-likeness (QED) is 0.149. The number of thiazole rings is 1. The molecule has 3 aromatic heterocycles. The van der Waals surface area contributed by atoms with Crippen LogP contribution in [0.3, 0.4) is 0 Å². The summed E-state index contributed by atoms with van der Waals surface area (Å²) in [5.41, 5.74) is 2.39. The van der Waals surface area contributed by atoms with Crippen LogP contribution in [0.2, 0.25) is 0 Å². The maximum absolute atomic E-state index is 13.7. The van der Waals surface area contributed by atoms with Crippen molar-refractivity contribution in [2.75, 3.05) is 15.4 Å². The summed E-state index contributed by atoms with van der Waals surface area (Å²) in [5.74, 6) is -0.491. The van der Waals surface area contributed by atoms with E-state index in [2.05, 4.69) is 30.3 Å². The summed E-state index contributed by atoms with van der Waals surface area (Å²) in [7, 11) is -4.12. The van der Waals surface area contributed by atoms with Crippen molar-refractivity contribution in [1.29, 1.82) is 0 Å². The summed E-state index contributed by atoms with van der Waals surface area (Å²) >= 11 is 0.867. The molecule has 0 saturated heterocycles. The molecule has 5 rings (SSSR count). The van der Waals surface area contributed by atoms with Crippen LogP contribution in [0.5, 0.6) is 0 Å². The normalized spacial score (nSPS) is 13.5. The summed E-state index contributed by atoms with van der Waals surface area (Å²) < 4.78 is 30.1. The van der Waals surface area contributed by atoms with Gasteiger partial charge in [-0.05, 0) is 48.4 Å². The van der Waals surface area contributed by atoms with E-state index in [0.717, 1.165) is 11.3 Å². The van der Waals surface area contributed by atoms with Gasteiger partial charge in [-0.15, -0.1) is 0 Å². The second-order valence-electron chi connectivity index (χ2n) is 9.74. The van der Waals surface area contributed by atoms with E-state index in [1.165, 1.54) is 6.92 Å². The van der Waals surface area contributed by atoms with Gasteiger partial charge in [0.1, 0.15) is 5.82 Å². The van der Waals surface area contributed by atoms with Gasteiger partial charge in [0.05, 0.1) is 29.4 Å². The molecule has 43 heavy (non-hydrogen) atoms. The highest BCUT2D eigenvalue weighted by molar-refractivity contribution is 7.94. The average Bonchev–Trinajstić information content (AvgIpc) is 3.38. The molecule has 10 nitrogen and oxygen atoms in total. The number of anilines is 3. The number of rotatable bonds is 11. The van der Waals surface area contributed by atoms with Gasteiger partial charge < -0.3 is 15.7 Å². The molecule has 2 aromatic carbocycles. The lowest BCUT2D eigenvalue weighted by Gasteiger charge is -2.33. The highest BCUT2D eigenvalue weighted by Crippen LogP contribution is 2.44. The van der Waals surface area contributed by atoms with E-state index in [4.69, 9.17) is 0 Å². The van der Waals surface area contributed by atoms with Crippen LogP contribution in [-0.2, 0) is 14.8 Å². The van der Waals surface area contributed by atoms with E-state index >= 15 is 0 Å². The minimum Gasteiger partial charge on any atom is -0.388 e. The van der Waals surface area contributed by atoms with Gasteiger partial charge in [0.25, 0.3) is 10.0 Å². The second-order valence-corrected chi connectivity index (χ2v) is 12.6.